The lowest BCUT2D eigenvalue weighted by atomic mass is 9.94. The van der Waals surface area contributed by atoms with E-state index in [-0.39, 0.29) is 6.61 Å². The van der Waals surface area contributed by atoms with Crippen molar-refractivity contribution in [1.82, 2.24) is 16.0 Å². The number of hydrogen-bond donors (Lipinski definition) is 16. The molecular weight excluding hydrogens is 986 g/mol. The first kappa shape index (κ1) is 61.3. The Hall–Kier alpha value is -2.51. The standard InChI is InChI=1S/C44H77N3O26/c1-5-6-7-8-9-10-11-64-41-27(47-19(4)54)38(72-43-35(62)34(61)29(56)21(13-49)67-43)31(58)24(70-41)16-65-40-26(46-18(3)53)33(60)37(23(15-51)69-40)71-44-36(63)39(30(57)22(14-50)68-44)73-42-25(45-17(2)52)32(59)28(55)20(12-48)66-42/h20-44,48-51,55-63H,5-16H2,1-4H3,(H,45,52)(H,46,53)(H,47,54)/t20-,21-,22-,23-,24-,25-,26-,27-,28-,29+,30+,31+,32-,33-,34+,35-,36-,37-,38-,39+,40-,41+,42+,43+,44+/m1/s1. The van der Waals surface area contributed by atoms with Crippen LogP contribution in [0.3, 0.4) is 0 Å². The molecule has 0 spiro atoms. The summed E-state index contributed by atoms with van der Waals surface area (Å²) in [4.78, 5) is 37.3. The Morgan fingerprint density at radius 2 is 0.822 bits per heavy atom. The van der Waals surface area contributed by atoms with E-state index in [4.69, 9.17) is 47.4 Å². The van der Waals surface area contributed by atoms with E-state index >= 15 is 0 Å². The summed E-state index contributed by atoms with van der Waals surface area (Å²) in [5.41, 5.74) is 0. The van der Waals surface area contributed by atoms with E-state index in [0.717, 1.165) is 46.0 Å². The first-order chi connectivity index (χ1) is 34.7. The van der Waals surface area contributed by atoms with Gasteiger partial charge in [0, 0.05) is 27.4 Å². The normalized spacial score (nSPS) is 43.3. The van der Waals surface area contributed by atoms with E-state index in [2.05, 4.69) is 22.9 Å². The average Bonchev–Trinajstić information content (AvgIpc) is 3.35. The molecule has 5 heterocycles. The van der Waals surface area contributed by atoms with Gasteiger partial charge < -0.3 is 130 Å². The molecule has 16 N–H and O–H groups in total. The fraction of sp³-hybridized carbons (Fsp3) is 0.932. The second-order valence-electron chi connectivity index (χ2n) is 18.8. The van der Waals surface area contributed by atoms with Crippen molar-refractivity contribution in [3.63, 3.8) is 0 Å². The zero-order valence-corrected chi connectivity index (χ0v) is 41.0. The fourth-order valence-corrected chi connectivity index (χ4v) is 9.34. The number of ether oxygens (including phenoxy) is 10. The lowest BCUT2D eigenvalue weighted by Gasteiger charge is -2.49. The highest BCUT2D eigenvalue weighted by atomic mass is 16.8. The molecule has 5 aliphatic rings. The number of amides is 3. The summed E-state index contributed by atoms with van der Waals surface area (Å²) in [7, 11) is 0. The van der Waals surface area contributed by atoms with Crippen molar-refractivity contribution in [2.45, 2.75) is 220 Å². The van der Waals surface area contributed by atoms with Gasteiger partial charge in [0.2, 0.25) is 17.7 Å². The summed E-state index contributed by atoms with van der Waals surface area (Å²) in [6, 6.07) is -4.45. The van der Waals surface area contributed by atoms with Crippen LogP contribution >= 0.6 is 0 Å². The summed E-state index contributed by atoms with van der Waals surface area (Å²) in [5, 5.41) is 147. The van der Waals surface area contributed by atoms with Gasteiger partial charge in [0.25, 0.3) is 0 Å². The van der Waals surface area contributed by atoms with Crippen LogP contribution in [0.5, 0.6) is 0 Å². The molecule has 25 atom stereocenters. The van der Waals surface area contributed by atoms with Crippen LogP contribution in [0.1, 0.15) is 66.2 Å². The zero-order valence-electron chi connectivity index (χ0n) is 41.0. The molecule has 5 aliphatic heterocycles. The number of aliphatic hydroxyl groups is 13. The molecule has 0 aromatic heterocycles. The zero-order chi connectivity index (χ0) is 53.8. The van der Waals surface area contributed by atoms with Gasteiger partial charge in [0.05, 0.1) is 33.0 Å². The van der Waals surface area contributed by atoms with Crippen LogP contribution in [-0.2, 0) is 61.8 Å². The summed E-state index contributed by atoms with van der Waals surface area (Å²) < 4.78 is 59.1. The van der Waals surface area contributed by atoms with E-state index in [1.165, 1.54) is 6.92 Å². The molecule has 0 unspecified atom stereocenters. The number of hydrogen-bond acceptors (Lipinski definition) is 26. The van der Waals surface area contributed by atoms with Crippen molar-refractivity contribution in [3.8, 4) is 0 Å². The van der Waals surface area contributed by atoms with E-state index < -0.39 is 204 Å². The predicted octanol–water partition coefficient (Wildman–Crippen LogP) is -8.11. The second-order valence-corrected chi connectivity index (χ2v) is 18.8. The molecular formula is C44H77N3O26. The van der Waals surface area contributed by atoms with Crippen molar-refractivity contribution >= 4 is 17.7 Å². The minimum atomic E-state index is -2.07. The van der Waals surface area contributed by atoms with Crippen molar-refractivity contribution < 1.29 is 128 Å². The first-order valence-corrected chi connectivity index (χ1v) is 24.6. The van der Waals surface area contributed by atoms with Crippen molar-refractivity contribution in [2.24, 2.45) is 0 Å². The quantitative estimate of drug-likeness (QED) is 0.0399. The van der Waals surface area contributed by atoms with Crippen molar-refractivity contribution in [2.75, 3.05) is 39.6 Å². The monoisotopic (exact) mass is 1060 g/mol. The maximum Gasteiger partial charge on any atom is 0.217 e. The van der Waals surface area contributed by atoms with E-state index in [1.54, 1.807) is 0 Å². The summed E-state index contributed by atoms with van der Waals surface area (Å²) in [6.45, 7) is 1.33. The lowest BCUT2D eigenvalue weighted by Crippen LogP contribution is -2.70. The average molecular weight is 1060 g/mol. The first-order valence-electron chi connectivity index (χ1n) is 24.6. The number of aliphatic hydroxyl groups excluding tert-OH is 13. The van der Waals surface area contributed by atoms with Crippen molar-refractivity contribution in [3.05, 3.63) is 0 Å². The Kier molecular flexibility index (Phi) is 24.2. The molecule has 0 bridgehead atoms. The molecule has 0 aromatic rings. The van der Waals surface area contributed by atoms with Crippen LogP contribution in [0.25, 0.3) is 0 Å². The SMILES string of the molecule is CCCCCCCCO[C@H]1O[C@H](CO[C@@H]2O[C@H](CO)[C@@H](O[C@@H]3O[C@H](CO)[C@H](O)[C@H](O[C@@H]4O[C@H](CO)[C@@H](O)[C@H](O)[C@H]4NC(C)=O)[C@H]3O)[C@H](O)[C@H]2NC(C)=O)[C@H](O)[C@H](O[C@@H]2O[C@H](CO)[C@H](O)[C@H](O)[C@H]2O)[C@H]1NC(C)=O. The Morgan fingerprint density at radius 1 is 0.397 bits per heavy atom. The fourth-order valence-electron chi connectivity index (χ4n) is 9.34. The second kappa shape index (κ2) is 28.7. The molecule has 3 amide bonds. The van der Waals surface area contributed by atoms with E-state index in [9.17, 15) is 80.8 Å². The van der Waals surface area contributed by atoms with E-state index in [0.29, 0.717) is 6.42 Å². The molecule has 0 radical (unpaired) electrons. The Bertz CT molecular complexity index is 1690. The minimum absolute atomic E-state index is 0.0963. The summed E-state index contributed by atoms with van der Waals surface area (Å²) in [5.74, 6) is -2.08. The molecule has 0 aliphatic carbocycles. The van der Waals surface area contributed by atoms with Crippen LogP contribution in [0.2, 0.25) is 0 Å². The molecule has 29 heteroatoms. The van der Waals surface area contributed by atoms with Gasteiger partial charge in [-0.2, -0.15) is 0 Å². The van der Waals surface area contributed by atoms with Crippen LogP contribution < -0.4 is 16.0 Å². The van der Waals surface area contributed by atoms with Crippen LogP contribution in [0.15, 0.2) is 0 Å². The maximum absolute atomic E-state index is 12.6. The Balaban J connectivity index is 1.37. The van der Waals surface area contributed by atoms with Gasteiger partial charge in [0.15, 0.2) is 31.5 Å². The maximum atomic E-state index is 12.6. The smallest absolute Gasteiger partial charge is 0.217 e. The van der Waals surface area contributed by atoms with Gasteiger partial charge in [-0.25, -0.2) is 0 Å². The van der Waals surface area contributed by atoms with Gasteiger partial charge >= 0.3 is 0 Å². The topological polar surface area (TPSA) is 443 Å². The summed E-state index contributed by atoms with van der Waals surface area (Å²) in [6.07, 6.45) is -32.8. The third-order valence-corrected chi connectivity index (χ3v) is 13.3. The number of rotatable bonds is 24. The largest absolute Gasteiger partial charge is 0.394 e. The lowest BCUT2D eigenvalue weighted by molar-refractivity contribution is -0.371. The van der Waals surface area contributed by atoms with Gasteiger partial charge in [-0.1, -0.05) is 39.0 Å². The highest BCUT2D eigenvalue weighted by Crippen LogP contribution is 2.35. The number of carbonyl (C=O) groups excluding carboxylic acids is 3. The third kappa shape index (κ3) is 15.4. The van der Waals surface area contributed by atoms with Gasteiger partial charge in [0.1, 0.15) is 122 Å². The molecule has 0 saturated carbocycles. The van der Waals surface area contributed by atoms with Crippen LogP contribution in [0, 0.1) is 0 Å². The van der Waals surface area contributed by atoms with Gasteiger partial charge in [-0.15, -0.1) is 0 Å². The summed E-state index contributed by atoms with van der Waals surface area (Å²) >= 11 is 0. The van der Waals surface area contributed by atoms with Crippen LogP contribution in [0.4, 0.5) is 0 Å². The molecule has 5 saturated heterocycles. The third-order valence-electron chi connectivity index (χ3n) is 13.3. The number of nitrogens with one attached hydrogen (secondary N) is 3. The molecule has 5 fully saturated rings. The Morgan fingerprint density at radius 3 is 1.40 bits per heavy atom. The predicted molar refractivity (Wildman–Crippen MR) is 238 cm³/mol. The van der Waals surface area contributed by atoms with Gasteiger partial charge in [-0.3, -0.25) is 14.4 Å². The number of carbonyl (C=O) groups is 3. The molecule has 5 rings (SSSR count). The Labute approximate surface area is 420 Å². The molecule has 0 aromatic carbocycles. The minimum Gasteiger partial charge on any atom is -0.394 e. The number of unbranched alkanes of at least 4 members (excludes halogenated alkanes) is 5. The highest BCUT2D eigenvalue weighted by Gasteiger charge is 2.56. The van der Waals surface area contributed by atoms with Crippen LogP contribution in [-0.4, -0.2) is 277 Å². The highest BCUT2D eigenvalue weighted by molar-refractivity contribution is 5.74. The molecule has 29 nitrogen and oxygen atoms in total. The van der Waals surface area contributed by atoms with E-state index in [1.807, 2.05) is 0 Å². The van der Waals surface area contributed by atoms with Crippen molar-refractivity contribution in [1.29, 1.82) is 0 Å². The molecule has 73 heavy (non-hydrogen) atoms. The molecule has 424 valence electrons. The van der Waals surface area contributed by atoms with Gasteiger partial charge in [-0.05, 0) is 6.42 Å².